The first kappa shape index (κ1) is 10.3. The Morgan fingerprint density at radius 2 is 2.38 bits per heavy atom. The highest BCUT2D eigenvalue weighted by molar-refractivity contribution is 6.18. The van der Waals surface area contributed by atoms with Gasteiger partial charge in [0.05, 0.1) is 11.6 Å². The molecule has 1 aromatic rings. The van der Waals surface area contributed by atoms with Crippen molar-refractivity contribution in [2.75, 3.05) is 12.5 Å². The quantitative estimate of drug-likeness (QED) is 0.749. The fourth-order valence-electron chi connectivity index (χ4n) is 1.07. The molecule has 0 amide bonds. The minimum Gasteiger partial charge on any atom is -0.492 e. The van der Waals surface area contributed by atoms with E-state index in [9.17, 15) is 0 Å². The second-order valence-electron chi connectivity index (χ2n) is 2.62. The molecule has 0 saturated heterocycles. The molecule has 0 unspecified atom stereocenters. The number of aromatic nitrogens is 1. The highest BCUT2D eigenvalue weighted by Gasteiger charge is 2.03. The summed E-state index contributed by atoms with van der Waals surface area (Å²) in [5.74, 6) is 1.30. The Balaban J connectivity index is 2.81. The molecule has 0 saturated carbocycles. The standard InChI is InChI=1S/C9H13ClN2O/c1-7-8(6-11)12-4-2-9(7)13-5-3-10/h2,4H,3,5-6,11H2,1H3. The van der Waals surface area contributed by atoms with E-state index in [1.165, 1.54) is 0 Å². The third-order valence-corrected chi connectivity index (χ3v) is 1.94. The van der Waals surface area contributed by atoms with E-state index in [1.807, 2.05) is 13.0 Å². The van der Waals surface area contributed by atoms with Gasteiger partial charge in [-0.1, -0.05) is 0 Å². The SMILES string of the molecule is Cc1c(OCCCl)ccnc1CN. The first-order valence-corrected chi connectivity index (χ1v) is 4.66. The molecule has 1 heterocycles. The zero-order valence-corrected chi connectivity index (χ0v) is 8.34. The molecule has 72 valence electrons. The van der Waals surface area contributed by atoms with Gasteiger partial charge in [0.1, 0.15) is 12.4 Å². The third-order valence-electron chi connectivity index (χ3n) is 1.79. The lowest BCUT2D eigenvalue weighted by Gasteiger charge is -2.09. The fourth-order valence-corrected chi connectivity index (χ4v) is 1.15. The highest BCUT2D eigenvalue weighted by atomic mass is 35.5. The summed E-state index contributed by atoms with van der Waals surface area (Å²) in [6, 6.07) is 1.82. The maximum absolute atomic E-state index is 5.51. The number of halogens is 1. The summed E-state index contributed by atoms with van der Waals surface area (Å²) >= 11 is 5.51. The topological polar surface area (TPSA) is 48.1 Å². The second kappa shape index (κ2) is 5.04. The summed E-state index contributed by atoms with van der Waals surface area (Å²) in [5.41, 5.74) is 7.37. The van der Waals surface area contributed by atoms with Crippen LogP contribution in [0, 0.1) is 6.92 Å². The van der Waals surface area contributed by atoms with Crippen LogP contribution in [-0.2, 0) is 6.54 Å². The lowest BCUT2D eigenvalue weighted by Crippen LogP contribution is -2.06. The van der Waals surface area contributed by atoms with Crippen molar-refractivity contribution >= 4 is 11.6 Å². The van der Waals surface area contributed by atoms with E-state index in [1.54, 1.807) is 6.20 Å². The highest BCUT2D eigenvalue weighted by Crippen LogP contribution is 2.18. The zero-order valence-electron chi connectivity index (χ0n) is 7.59. The predicted molar refractivity (Wildman–Crippen MR) is 53.1 cm³/mol. The van der Waals surface area contributed by atoms with Gasteiger partial charge in [0.2, 0.25) is 0 Å². The first-order valence-electron chi connectivity index (χ1n) is 4.13. The van der Waals surface area contributed by atoms with Crippen LogP contribution in [0.3, 0.4) is 0 Å². The van der Waals surface area contributed by atoms with Crippen molar-refractivity contribution in [3.63, 3.8) is 0 Å². The van der Waals surface area contributed by atoms with Crippen LogP contribution >= 0.6 is 11.6 Å². The van der Waals surface area contributed by atoms with Gasteiger partial charge in [0.15, 0.2) is 0 Å². The van der Waals surface area contributed by atoms with Gasteiger partial charge in [-0.3, -0.25) is 4.98 Å². The summed E-state index contributed by atoms with van der Waals surface area (Å²) in [7, 11) is 0. The Morgan fingerprint density at radius 1 is 1.62 bits per heavy atom. The molecule has 2 N–H and O–H groups in total. The molecule has 4 heteroatoms. The van der Waals surface area contributed by atoms with E-state index in [2.05, 4.69) is 4.98 Å². The Bertz CT molecular complexity index is 278. The molecule has 1 rings (SSSR count). The van der Waals surface area contributed by atoms with Crippen molar-refractivity contribution in [1.29, 1.82) is 0 Å². The largest absolute Gasteiger partial charge is 0.492 e. The van der Waals surface area contributed by atoms with E-state index in [4.69, 9.17) is 22.1 Å². The molecule has 0 aliphatic heterocycles. The molecule has 13 heavy (non-hydrogen) atoms. The average molecular weight is 201 g/mol. The number of nitrogens with zero attached hydrogens (tertiary/aromatic N) is 1. The lowest BCUT2D eigenvalue weighted by atomic mass is 10.2. The van der Waals surface area contributed by atoms with Crippen LogP contribution in [0.1, 0.15) is 11.3 Å². The maximum atomic E-state index is 5.51. The Hall–Kier alpha value is -0.800. The van der Waals surface area contributed by atoms with Gasteiger partial charge in [0, 0.05) is 18.3 Å². The molecule has 3 nitrogen and oxygen atoms in total. The zero-order chi connectivity index (χ0) is 9.68. The third kappa shape index (κ3) is 2.57. The van der Waals surface area contributed by atoms with Gasteiger partial charge in [0.25, 0.3) is 0 Å². The van der Waals surface area contributed by atoms with Crippen LogP contribution in [0.25, 0.3) is 0 Å². The second-order valence-corrected chi connectivity index (χ2v) is 3.00. The summed E-state index contributed by atoms with van der Waals surface area (Å²) < 4.78 is 5.40. The van der Waals surface area contributed by atoms with Crippen molar-refractivity contribution in [1.82, 2.24) is 4.98 Å². The minimum absolute atomic E-state index is 0.434. The number of hydrogen-bond acceptors (Lipinski definition) is 3. The number of rotatable bonds is 4. The minimum atomic E-state index is 0.434. The van der Waals surface area contributed by atoms with Gasteiger partial charge >= 0.3 is 0 Å². The monoisotopic (exact) mass is 200 g/mol. The normalized spacial score (nSPS) is 10.1. The van der Waals surface area contributed by atoms with Crippen LogP contribution in [0.2, 0.25) is 0 Å². The molecular weight excluding hydrogens is 188 g/mol. The van der Waals surface area contributed by atoms with E-state index < -0.39 is 0 Å². The van der Waals surface area contributed by atoms with Crippen molar-refractivity contribution in [3.05, 3.63) is 23.5 Å². The molecule has 0 radical (unpaired) electrons. The number of nitrogens with two attached hydrogens (primary N) is 1. The van der Waals surface area contributed by atoms with Crippen LogP contribution in [0.4, 0.5) is 0 Å². The molecule has 0 aliphatic carbocycles. The van der Waals surface area contributed by atoms with Crippen molar-refractivity contribution in [3.8, 4) is 5.75 Å². The van der Waals surface area contributed by atoms with Crippen LogP contribution in [0.15, 0.2) is 12.3 Å². The molecule has 0 aliphatic rings. The van der Waals surface area contributed by atoms with Gasteiger partial charge < -0.3 is 10.5 Å². The van der Waals surface area contributed by atoms with E-state index in [0.717, 1.165) is 17.0 Å². The molecule has 0 atom stereocenters. The number of hydrogen-bond donors (Lipinski definition) is 1. The summed E-state index contributed by atoms with van der Waals surface area (Å²) in [5, 5.41) is 0. The molecule has 0 fully saturated rings. The van der Waals surface area contributed by atoms with E-state index >= 15 is 0 Å². The number of alkyl halides is 1. The molecule has 0 spiro atoms. The van der Waals surface area contributed by atoms with Gasteiger partial charge in [-0.15, -0.1) is 11.6 Å². The average Bonchev–Trinajstić information content (AvgIpc) is 2.16. The van der Waals surface area contributed by atoms with Gasteiger partial charge in [-0.2, -0.15) is 0 Å². The molecule has 1 aromatic heterocycles. The van der Waals surface area contributed by atoms with Crippen LogP contribution in [0.5, 0.6) is 5.75 Å². The van der Waals surface area contributed by atoms with Crippen molar-refractivity contribution in [2.45, 2.75) is 13.5 Å². The number of pyridine rings is 1. The molecule has 0 aromatic carbocycles. The first-order chi connectivity index (χ1) is 6.29. The van der Waals surface area contributed by atoms with Crippen LogP contribution < -0.4 is 10.5 Å². The molecular formula is C9H13ClN2O. The van der Waals surface area contributed by atoms with Crippen molar-refractivity contribution < 1.29 is 4.74 Å². The summed E-state index contributed by atoms with van der Waals surface area (Å²) in [6.45, 7) is 2.89. The maximum Gasteiger partial charge on any atom is 0.125 e. The lowest BCUT2D eigenvalue weighted by molar-refractivity contribution is 0.339. The van der Waals surface area contributed by atoms with Crippen molar-refractivity contribution in [2.24, 2.45) is 5.73 Å². The Morgan fingerprint density at radius 3 is 3.00 bits per heavy atom. The predicted octanol–water partition coefficient (Wildman–Crippen LogP) is 1.47. The fraction of sp³-hybridized carbons (Fsp3) is 0.444. The summed E-state index contributed by atoms with van der Waals surface area (Å²) in [6.07, 6.45) is 1.69. The number of ether oxygens (including phenoxy) is 1. The van der Waals surface area contributed by atoms with E-state index in [-0.39, 0.29) is 0 Å². The van der Waals surface area contributed by atoms with E-state index in [0.29, 0.717) is 19.0 Å². The van der Waals surface area contributed by atoms with Crippen LogP contribution in [-0.4, -0.2) is 17.5 Å². The van der Waals surface area contributed by atoms with Gasteiger partial charge in [-0.05, 0) is 13.0 Å². The Labute approximate surface area is 82.9 Å². The molecule has 0 bridgehead atoms. The smallest absolute Gasteiger partial charge is 0.125 e. The summed E-state index contributed by atoms with van der Waals surface area (Å²) in [4.78, 5) is 4.13. The van der Waals surface area contributed by atoms with Gasteiger partial charge in [-0.25, -0.2) is 0 Å². The Kier molecular flexibility index (Phi) is 3.99.